The highest BCUT2D eigenvalue weighted by atomic mass is 35.5. The van der Waals surface area contributed by atoms with Crippen LogP contribution in [0.2, 0.25) is 0 Å². The first-order chi connectivity index (χ1) is 9.02. The minimum Gasteiger partial charge on any atom is -0.356 e. The van der Waals surface area contributed by atoms with Gasteiger partial charge < -0.3 is 11.1 Å². The Morgan fingerprint density at radius 1 is 1.40 bits per heavy atom. The maximum absolute atomic E-state index is 13.0. The van der Waals surface area contributed by atoms with Gasteiger partial charge in [-0.1, -0.05) is 26.0 Å². The summed E-state index contributed by atoms with van der Waals surface area (Å²) in [4.78, 5) is 11.8. The number of amides is 1. The molecule has 0 aliphatic rings. The van der Waals surface area contributed by atoms with Gasteiger partial charge in [-0.15, -0.1) is 12.4 Å². The van der Waals surface area contributed by atoms with Crippen LogP contribution in [0, 0.1) is 17.7 Å². The highest BCUT2D eigenvalue weighted by Crippen LogP contribution is 2.11. The van der Waals surface area contributed by atoms with E-state index in [4.69, 9.17) is 5.73 Å². The summed E-state index contributed by atoms with van der Waals surface area (Å²) in [7, 11) is 0. The van der Waals surface area contributed by atoms with Crippen molar-refractivity contribution in [1.29, 1.82) is 0 Å². The normalized spacial score (nSPS) is 13.2. The van der Waals surface area contributed by atoms with Gasteiger partial charge in [-0.05, 0) is 43.0 Å². The second-order valence-electron chi connectivity index (χ2n) is 5.16. The van der Waals surface area contributed by atoms with Crippen molar-refractivity contribution in [3.8, 4) is 0 Å². The second kappa shape index (κ2) is 9.72. The summed E-state index contributed by atoms with van der Waals surface area (Å²) in [6, 6.07) is 6.51. The van der Waals surface area contributed by atoms with Crippen LogP contribution >= 0.6 is 12.4 Å². The van der Waals surface area contributed by atoms with E-state index in [2.05, 4.69) is 5.32 Å². The number of nitrogens with one attached hydrogen (secondary N) is 1. The summed E-state index contributed by atoms with van der Waals surface area (Å²) in [5.74, 6) is 0.0238. The molecule has 3 N–H and O–H groups in total. The van der Waals surface area contributed by atoms with Crippen molar-refractivity contribution in [3.05, 3.63) is 35.6 Å². The van der Waals surface area contributed by atoms with Crippen LogP contribution in [-0.4, -0.2) is 19.0 Å². The third kappa shape index (κ3) is 6.87. The molecule has 114 valence electrons. The Kier molecular flexibility index (Phi) is 9.17. The molecule has 1 rings (SSSR count). The third-order valence-corrected chi connectivity index (χ3v) is 3.23. The van der Waals surface area contributed by atoms with Crippen molar-refractivity contribution in [1.82, 2.24) is 5.32 Å². The molecule has 0 aliphatic heterocycles. The van der Waals surface area contributed by atoms with Crippen molar-refractivity contribution >= 4 is 18.3 Å². The molecule has 0 spiro atoms. The zero-order valence-corrected chi connectivity index (χ0v) is 12.9. The number of rotatable bonds is 7. The Hall–Kier alpha value is -1.13. The van der Waals surface area contributed by atoms with Crippen molar-refractivity contribution < 1.29 is 9.18 Å². The molecule has 0 aromatic heterocycles. The van der Waals surface area contributed by atoms with E-state index in [-0.39, 0.29) is 30.0 Å². The third-order valence-electron chi connectivity index (χ3n) is 3.23. The van der Waals surface area contributed by atoms with Gasteiger partial charge in [-0.2, -0.15) is 0 Å². The van der Waals surface area contributed by atoms with Gasteiger partial charge in [0.15, 0.2) is 0 Å². The summed E-state index contributed by atoms with van der Waals surface area (Å²) >= 11 is 0. The van der Waals surface area contributed by atoms with E-state index in [1.165, 1.54) is 12.1 Å². The molecule has 0 radical (unpaired) electrons. The molecule has 0 fully saturated rings. The van der Waals surface area contributed by atoms with Gasteiger partial charge in [0.2, 0.25) is 5.91 Å². The fourth-order valence-corrected chi connectivity index (χ4v) is 1.74. The lowest BCUT2D eigenvalue weighted by molar-refractivity contribution is -0.124. The molecule has 3 nitrogen and oxygen atoms in total. The zero-order valence-electron chi connectivity index (χ0n) is 12.1. The smallest absolute Gasteiger partial charge is 0.222 e. The average Bonchev–Trinajstić information content (AvgIpc) is 2.41. The Morgan fingerprint density at radius 2 is 2.10 bits per heavy atom. The minimum absolute atomic E-state index is 0. The van der Waals surface area contributed by atoms with Crippen LogP contribution in [-0.2, 0) is 11.2 Å². The average molecular weight is 303 g/mol. The SMILES string of the molecule is CC(CN)CNC(=O)C(C)CCc1cccc(F)c1.Cl. The number of hydrogen-bond donors (Lipinski definition) is 2. The van der Waals surface area contributed by atoms with Crippen molar-refractivity contribution in [3.63, 3.8) is 0 Å². The number of aryl methyl sites for hydroxylation is 1. The number of carbonyl (C=O) groups excluding carboxylic acids is 1. The van der Waals surface area contributed by atoms with Crippen LogP contribution in [0.15, 0.2) is 24.3 Å². The molecule has 2 atom stereocenters. The van der Waals surface area contributed by atoms with Crippen LogP contribution in [0.25, 0.3) is 0 Å². The maximum atomic E-state index is 13.0. The largest absolute Gasteiger partial charge is 0.356 e. The zero-order chi connectivity index (χ0) is 14.3. The van der Waals surface area contributed by atoms with E-state index in [1.54, 1.807) is 6.07 Å². The fraction of sp³-hybridized carbons (Fsp3) is 0.533. The van der Waals surface area contributed by atoms with Gasteiger partial charge >= 0.3 is 0 Å². The molecule has 1 aromatic rings. The molecule has 0 saturated carbocycles. The first kappa shape index (κ1) is 18.9. The molecule has 5 heteroatoms. The number of carbonyl (C=O) groups is 1. The Morgan fingerprint density at radius 3 is 2.70 bits per heavy atom. The van der Waals surface area contributed by atoms with Gasteiger partial charge in [-0.3, -0.25) is 4.79 Å². The van der Waals surface area contributed by atoms with E-state index in [9.17, 15) is 9.18 Å². The predicted octanol–water partition coefficient (Wildman–Crippen LogP) is 2.53. The summed E-state index contributed by atoms with van der Waals surface area (Å²) in [5, 5.41) is 2.89. The summed E-state index contributed by atoms with van der Waals surface area (Å²) in [5.41, 5.74) is 6.42. The van der Waals surface area contributed by atoms with E-state index < -0.39 is 0 Å². The molecular weight excluding hydrogens is 279 g/mol. The van der Waals surface area contributed by atoms with Gasteiger partial charge in [-0.25, -0.2) is 4.39 Å². The highest BCUT2D eigenvalue weighted by Gasteiger charge is 2.13. The second-order valence-corrected chi connectivity index (χ2v) is 5.16. The number of hydrogen-bond acceptors (Lipinski definition) is 2. The molecule has 1 amide bonds. The standard InChI is InChI=1S/C15H23FN2O.ClH/c1-11(9-17)10-18-15(19)12(2)6-7-13-4-3-5-14(16)8-13;/h3-5,8,11-12H,6-7,9-10,17H2,1-2H3,(H,18,19);1H. The molecule has 0 heterocycles. The highest BCUT2D eigenvalue weighted by molar-refractivity contribution is 5.85. The summed E-state index contributed by atoms with van der Waals surface area (Å²) in [6.45, 7) is 5.07. The van der Waals surface area contributed by atoms with Crippen LogP contribution in [0.5, 0.6) is 0 Å². The van der Waals surface area contributed by atoms with E-state index >= 15 is 0 Å². The van der Waals surface area contributed by atoms with Crippen LogP contribution in [0.3, 0.4) is 0 Å². The molecule has 2 unspecified atom stereocenters. The number of nitrogens with two attached hydrogens (primary N) is 1. The van der Waals surface area contributed by atoms with E-state index in [0.29, 0.717) is 31.8 Å². The van der Waals surface area contributed by atoms with Crippen molar-refractivity contribution in [2.24, 2.45) is 17.6 Å². The lowest BCUT2D eigenvalue weighted by Crippen LogP contribution is -2.34. The fourth-order valence-electron chi connectivity index (χ4n) is 1.74. The quantitative estimate of drug-likeness (QED) is 0.813. The molecular formula is C15H24ClFN2O. The summed E-state index contributed by atoms with van der Waals surface area (Å²) in [6.07, 6.45) is 1.42. The first-order valence-electron chi connectivity index (χ1n) is 6.75. The lowest BCUT2D eigenvalue weighted by Gasteiger charge is -2.14. The number of benzene rings is 1. The maximum Gasteiger partial charge on any atom is 0.222 e. The predicted molar refractivity (Wildman–Crippen MR) is 82.4 cm³/mol. The molecule has 0 aliphatic carbocycles. The van der Waals surface area contributed by atoms with E-state index in [0.717, 1.165) is 5.56 Å². The summed E-state index contributed by atoms with van der Waals surface area (Å²) < 4.78 is 13.0. The van der Waals surface area contributed by atoms with Gasteiger partial charge in [0.25, 0.3) is 0 Å². The van der Waals surface area contributed by atoms with Crippen molar-refractivity contribution in [2.75, 3.05) is 13.1 Å². The Bertz CT molecular complexity index is 415. The number of halogens is 2. The topological polar surface area (TPSA) is 55.1 Å². The molecule has 20 heavy (non-hydrogen) atoms. The van der Waals surface area contributed by atoms with Crippen LogP contribution in [0.1, 0.15) is 25.8 Å². The van der Waals surface area contributed by atoms with E-state index in [1.807, 2.05) is 19.9 Å². The Balaban J connectivity index is 0.00000361. The molecule has 1 aromatic carbocycles. The molecule has 0 saturated heterocycles. The van der Waals surface area contributed by atoms with Gasteiger partial charge in [0.05, 0.1) is 0 Å². The molecule has 0 bridgehead atoms. The van der Waals surface area contributed by atoms with Gasteiger partial charge in [0.1, 0.15) is 5.82 Å². The Labute approximate surface area is 126 Å². The van der Waals surface area contributed by atoms with Crippen molar-refractivity contribution in [2.45, 2.75) is 26.7 Å². The van der Waals surface area contributed by atoms with Gasteiger partial charge in [0, 0.05) is 12.5 Å². The minimum atomic E-state index is -0.230. The van der Waals surface area contributed by atoms with Crippen LogP contribution < -0.4 is 11.1 Å². The van der Waals surface area contributed by atoms with Crippen LogP contribution in [0.4, 0.5) is 4.39 Å². The first-order valence-corrected chi connectivity index (χ1v) is 6.75. The lowest BCUT2D eigenvalue weighted by atomic mass is 10.00. The monoisotopic (exact) mass is 302 g/mol.